The summed E-state index contributed by atoms with van der Waals surface area (Å²) in [4.78, 5) is 8.43. The Morgan fingerprint density at radius 2 is 2.14 bits per heavy atom. The van der Waals surface area contributed by atoms with Crippen LogP contribution in [0.2, 0.25) is 10.0 Å². The monoisotopic (exact) mass is 324 g/mol. The predicted octanol–water partition coefficient (Wildman–Crippen LogP) is 3.23. The molecule has 2 heterocycles. The van der Waals surface area contributed by atoms with Gasteiger partial charge >= 0.3 is 0 Å². The van der Waals surface area contributed by atoms with Crippen LogP contribution in [0.1, 0.15) is 6.42 Å². The molecule has 0 aliphatic carbocycles. The molecule has 0 bridgehead atoms. The normalized spacial score (nSPS) is 17.9. The van der Waals surface area contributed by atoms with Gasteiger partial charge in [-0.3, -0.25) is 0 Å². The summed E-state index contributed by atoms with van der Waals surface area (Å²) in [5, 5.41) is 4.22. The van der Waals surface area contributed by atoms with E-state index >= 15 is 0 Å². The summed E-state index contributed by atoms with van der Waals surface area (Å²) in [6, 6.07) is 7.44. The number of halogens is 2. The fraction of sp³-hybridized carbons (Fsp3) is 0.286. The number of aromatic nitrogens is 2. The summed E-state index contributed by atoms with van der Waals surface area (Å²) in [6.45, 7) is 1.42. The molecule has 3 N–H and O–H groups in total. The number of benzene rings is 1. The van der Waals surface area contributed by atoms with Gasteiger partial charge < -0.3 is 15.8 Å². The van der Waals surface area contributed by atoms with Crippen LogP contribution in [0.4, 0.5) is 11.8 Å². The molecule has 1 atom stereocenters. The molecule has 1 fully saturated rings. The van der Waals surface area contributed by atoms with Gasteiger partial charge in [0.2, 0.25) is 5.95 Å². The zero-order valence-electron chi connectivity index (χ0n) is 11.1. The molecule has 1 aromatic carbocycles. The molecule has 2 aromatic rings. The van der Waals surface area contributed by atoms with Crippen molar-refractivity contribution in [1.82, 2.24) is 9.97 Å². The van der Waals surface area contributed by atoms with Crippen molar-refractivity contribution in [2.45, 2.75) is 12.5 Å². The maximum Gasteiger partial charge on any atom is 0.222 e. The van der Waals surface area contributed by atoms with Gasteiger partial charge in [-0.1, -0.05) is 35.3 Å². The molecule has 1 saturated heterocycles. The lowest BCUT2D eigenvalue weighted by molar-refractivity contribution is 0.195. The van der Waals surface area contributed by atoms with Crippen LogP contribution in [0, 0.1) is 0 Å². The Bertz CT molecular complexity index is 659. The molecule has 7 heteroatoms. The van der Waals surface area contributed by atoms with Crippen molar-refractivity contribution in [3.63, 3.8) is 0 Å². The first-order chi connectivity index (χ1) is 10.1. The molecule has 1 aliphatic rings. The van der Waals surface area contributed by atoms with Gasteiger partial charge in [-0.2, -0.15) is 4.98 Å². The third kappa shape index (κ3) is 3.20. The van der Waals surface area contributed by atoms with Crippen LogP contribution in [0.3, 0.4) is 0 Å². The highest BCUT2D eigenvalue weighted by Gasteiger charge is 2.17. The molecular formula is C14H14Cl2N4O. The fourth-order valence-electron chi connectivity index (χ4n) is 2.24. The van der Waals surface area contributed by atoms with Gasteiger partial charge in [0.15, 0.2) is 0 Å². The lowest BCUT2D eigenvalue weighted by Crippen LogP contribution is -2.20. The smallest absolute Gasteiger partial charge is 0.222 e. The fourth-order valence-corrected chi connectivity index (χ4v) is 2.63. The van der Waals surface area contributed by atoms with Crippen LogP contribution in [-0.2, 0) is 4.74 Å². The Morgan fingerprint density at radius 1 is 1.29 bits per heavy atom. The van der Waals surface area contributed by atoms with Crippen LogP contribution < -0.4 is 11.1 Å². The first-order valence-electron chi connectivity index (χ1n) is 6.56. The topological polar surface area (TPSA) is 73.1 Å². The maximum atomic E-state index is 6.23. The van der Waals surface area contributed by atoms with Crippen LogP contribution in [0.15, 0.2) is 24.3 Å². The van der Waals surface area contributed by atoms with Gasteiger partial charge in [-0.25, -0.2) is 4.98 Å². The summed E-state index contributed by atoms with van der Waals surface area (Å²) in [5.41, 5.74) is 7.15. The molecule has 0 radical (unpaired) electrons. The van der Waals surface area contributed by atoms with Crippen molar-refractivity contribution in [2.75, 3.05) is 24.3 Å². The number of nitrogens with two attached hydrogens (primary N) is 1. The van der Waals surface area contributed by atoms with Crippen molar-refractivity contribution in [3.05, 3.63) is 34.3 Å². The van der Waals surface area contributed by atoms with Crippen LogP contribution in [0.25, 0.3) is 11.3 Å². The molecule has 110 valence electrons. The second-order valence-corrected chi connectivity index (χ2v) is 5.59. The van der Waals surface area contributed by atoms with E-state index in [1.807, 2.05) is 18.2 Å². The number of hydrogen-bond donors (Lipinski definition) is 2. The quantitative estimate of drug-likeness (QED) is 0.906. The van der Waals surface area contributed by atoms with Crippen LogP contribution in [0.5, 0.6) is 0 Å². The van der Waals surface area contributed by atoms with E-state index in [1.54, 1.807) is 6.07 Å². The number of nitrogens with one attached hydrogen (secondary N) is 1. The standard InChI is InChI=1S/C14H14Cl2N4O/c15-10-3-1-2-9(13(10)16)11-6-12(20-14(17)19-11)18-8-4-5-21-7-8/h1-3,6,8H,4-5,7H2,(H3,17,18,19,20). The lowest BCUT2D eigenvalue weighted by Gasteiger charge is -2.13. The van der Waals surface area contributed by atoms with Gasteiger partial charge in [0.1, 0.15) is 5.82 Å². The summed E-state index contributed by atoms with van der Waals surface area (Å²) in [7, 11) is 0. The van der Waals surface area contributed by atoms with E-state index in [4.69, 9.17) is 33.7 Å². The van der Waals surface area contributed by atoms with Crippen molar-refractivity contribution in [3.8, 4) is 11.3 Å². The molecule has 5 nitrogen and oxygen atoms in total. The van der Waals surface area contributed by atoms with Crippen molar-refractivity contribution >= 4 is 35.0 Å². The number of anilines is 2. The average molecular weight is 325 g/mol. The zero-order valence-corrected chi connectivity index (χ0v) is 12.7. The van der Waals surface area contributed by atoms with E-state index in [0.29, 0.717) is 28.2 Å². The van der Waals surface area contributed by atoms with E-state index in [-0.39, 0.29) is 12.0 Å². The highest BCUT2D eigenvalue weighted by molar-refractivity contribution is 6.43. The summed E-state index contributed by atoms with van der Waals surface area (Å²) in [5.74, 6) is 0.842. The minimum absolute atomic E-state index is 0.185. The van der Waals surface area contributed by atoms with Crippen molar-refractivity contribution in [1.29, 1.82) is 0 Å². The second-order valence-electron chi connectivity index (χ2n) is 4.80. The first kappa shape index (κ1) is 14.4. The summed E-state index contributed by atoms with van der Waals surface area (Å²) in [6.07, 6.45) is 0.942. The number of nitrogens with zero attached hydrogens (tertiary/aromatic N) is 2. The van der Waals surface area contributed by atoms with Gasteiger partial charge in [-0.05, 0) is 12.5 Å². The minimum atomic E-state index is 0.185. The van der Waals surface area contributed by atoms with E-state index < -0.39 is 0 Å². The molecule has 0 amide bonds. The minimum Gasteiger partial charge on any atom is -0.379 e. The van der Waals surface area contributed by atoms with E-state index in [9.17, 15) is 0 Å². The number of nitrogen functional groups attached to an aromatic ring is 1. The van der Waals surface area contributed by atoms with E-state index in [1.165, 1.54) is 0 Å². The number of rotatable bonds is 3. The Morgan fingerprint density at radius 3 is 2.90 bits per heavy atom. The molecule has 21 heavy (non-hydrogen) atoms. The first-order valence-corrected chi connectivity index (χ1v) is 7.32. The molecule has 3 rings (SSSR count). The average Bonchev–Trinajstić information content (AvgIpc) is 2.94. The Hall–Kier alpha value is -1.56. The zero-order chi connectivity index (χ0) is 14.8. The van der Waals surface area contributed by atoms with Gasteiger partial charge in [0.05, 0.1) is 28.4 Å². The number of hydrogen-bond acceptors (Lipinski definition) is 5. The van der Waals surface area contributed by atoms with E-state index in [2.05, 4.69) is 15.3 Å². The highest BCUT2D eigenvalue weighted by Crippen LogP contribution is 2.33. The predicted molar refractivity (Wildman–Crippen MR) is 84.7 cm³/mol. The largest absolute Gasteiger partial charge is 0.379 e. The molecule has 1 unspecified atom stereocenters. The SMILES string of the molecule is Nc1nc(NC2CCOC2)cc(-c2cccc(Cl)c2Cl)n1. The molecule has 0 spiro atoms. The second kappa shape index (κ2) is 6.05. The molecular weight excluding hydrogens is 311 g/mol. The Labute approximate surface area is 132 Å². The maximum absolute atomic E-state index is 6.23. The Kier molecular flexibility index (Phi) is 4.14. The highest BCUT2D eigenvalue weighted by atomic mass is 35.5. The van der Waals surface area contributed by atoms with Crippen molar-refractivity contribution < 1.29 is 4.74 Å². The number of ether oxygens (including phenoxy) is 1. The van der Waals surface area contributed by atoms with Gasteiger partial charge in [-0.15, -0.1) is 0 Å². The van der Waals surface area contributed by atoms with Crippen LogP contribution in [-0.4, -0.2) is 29.2 Å². The summed E-state index contributed by atoms with van der Waals surface area (Å²) < 4.78 is 5.33. The van der Waals surface area contributed by atoms with Crippen LogP contribution >= 0.6 is 23.2 Å². The third-order valence-corrected chi connectivity index (χ3v) is 4.07. The lowest BCUT2D eigenvalue weighted by atomic mass is 10.1. The van der Waals surface area contributed by atoms with Crippen molar-refractivity contribution in [2.24, 2.45) is 0 Å². The Balaban J connectivity index is 1.95. The van der Waals surface area contributed by atoms with Gasteiger partial charge in [0, 0.05) is 18.2 Å². The molecule has 0 saturated carbocycles. The van der Waals surface area contributed by atoms with Gasteiger partial charge in [0.25, 0.3) is 0 Å². The van der Waals surface area contributed by atoms with E-state index in [0.717, 1.165) is 18.6 Å². The molecule has 1 aliphatic heterocycles. The molecule has 1 aromatic heterocycles. The summed E-state index contributed by atoms with van der Waals surface area (Å²) >= 11 is 12.3. The third-order valence-electron chi connectivity index (χ3n) is 3.25.